The van der Waals surface area contributed by atoms with E-state index < -0.39 is 9.84 Å². The van der Waals surface area contributed by atoms with Gasteiger partial charge in [-0.05, 0) is 6.92 Å². The maximum atomic E-state index is 11.9. The number of aryl methyl sites for hydroxylation is 1. The summed E-state index contributed by atoms with van der Waals surface area (Å²) in [4.78, 5) is 7.92. The van der Waals surface area contributed by atoms with Gasteiger partial charge in [0.2, 0.25) is 0 Å². The van der Waals surface area contributed by atoms with Crippen LogP contribution in [0.25, 0.3) is 0 Å². The molecule has 1 aliphatic rings. The Hall–Kier alpha value is -1.29. The summed E-state index contributed by atoms with van der Waals surface area (Å²) in [5.41, 5.74) is 3.45. The molecule has 0 bridgehead atoms. The quantitative estimate of drug-likeness (QED) is 0.897. The van der Waals surface area contributed by atoms with E-state index in [4.69, 9.17) is 4.74 Å². The average molecular weight is 342 g/mol. The highest BCUT2D eigenvalue weighted by atomic mass is 32.2. The molecule has 0 aliphatic carbocycles. The first-order chi connectivity index (χ1) is 10.5. The lowest BCUT2D eigenvalue weighted by Crippen LogP contribution is -2.39. The fourth-order valence-corrected chi connectivity index (χ4v) is 4.20. The lowest BCUT2D eigenvalue weighted by atomic mass is 10.1. The fourth-order valence-electron chi connectivity index (χ4n) is 2.57. The fraction of sp³-hybridized carbons (Fsp3) is 0.538. The first kappa shape index (κ1) is 15.6. The van der Waals surface area contributed by atoms with Crippen LogP contribution in [0.4, 0.5) is 0 Å². The van der Waals surface area contributed by atoms with E-state index in [2.05, 4.69) is 20.1 Å². The molecular formula is C13H18N4O3S2. The number of thiazole rings is 1. The molecule has 3 heterocycles. The van der Waals surface area contributed by atoms with Gasteiger partial charge < -0.3 is 4.74 Å². The van der Waals surface area contributed by atoms with E-state index in [1.165, 1.54) is 17.3 Å². The van der Waals surface area contributed by atoms with E-state index in [1.54, 1.807) is 11.3 Å². The zero-order valence-electron chi connectivity index (χ0n) is 12.4. The normalized spacial score (nSPS) is 20.4. The number of morpholine rings is 1. The summed E-state index contributed by atoms with van der Waals surface area (Å²) in [6.45, 7) is 4.54. The number of ether oxygens (including phenoxy) is 1. The predicted octanol–water partition coefficient (Wildman–Crippen LogP) is 1.15. The molecule has 2 aromatic heterocycles. The average Bonchev–Trinajstić information content (AvgIpc) is 3.09. The third kappa shape index (κ3) is 3.07. The Morgan fingerprint density at radius 3 is 3.05 bits per heavy atom. The second-order valence-electron chi connectivity index (χ2n) is 5.34. The summed E-state index contributed by atoms with van der Waals surface area (Å²) in [6.07, 6.45) is 2.57. The molecule has 1 saturated heterocycles. The van der Waals surface area contributed by atoms with Gasteiger partial charge in [-0.15, -0.1) is 11.3 Å². The van der Waals surface area contributed by atoms with Crippen molar-refractivity contribution in [1.82, 2.24) is 20.1 Å². The number of aromatic amines is 1. The zero-order chi connectivity index (χ0) is 15.7. The SMILES string of the molecule is Cc1ncsc1CN1CCOC[C@@H]1c1[nH]ncc1S(C)(=O)=O. The summed E-state index contributed by atoms with van der Waals surface area (Å²) < 4.78 is 29.4. The topological polar surface area (TPSA) is 88.2 Å². The molecule has 120 valence electrons. The zero-order valence-corrected chi connectivity index (χ0v) is 14.1. The van der Waals surface area contributed by atoms with Gasteiger partial charge in [-0.2, -0.15) is 5.10 Å². The molecule has 2 aromatic rings. The number of sulfone groups is 1. The number of hydrogen-bond donors (Lipinski definition) is 1. The summed E-state index contributed by atoms with van der Waals surface area (Å²) in [5, 5.41) is 6.76. The van der Waals surface area contributed by atoms with E-state index >= 15 is 0 Å². The van der Waals surface area contributed by atoms with Crippen LogP contribution >= 0.6 is 11.3 Å². The largest absolute Gasteiger partial charge is 0.378 e. The second-order valence-corrected chi connectivity index (χ2v) is 8.27. The van der Waals surface area contributed by atoms with Crippen LogP contribution in [0.15, 0.2) is 16.6 Å². The smallest absolute Gasteiger partial charge is 0.178 e. The Morgan fingerprint density at radius 1 is 1.55 bits per heavy atom. The number of hydrogen-bond acceptors (Lipinski definition) is 7. The molecule has 3 rings (SSSR count). The van der Waals surface area contributed by atoms with Gasteiger partial charge in [0.05, 0.1) is 42.4 Å². The molecule has 1 N–H and O–H groups in total. The Balaban J connectivity index is 1.90. The molecule has 1 atom stereocenters. The summed E-state index contributed by atoms with van der Waals surface area (Å²) in [7, 11) is -3.32. The van der Waals surface area contributed by atoms with Crippen molar-refractivity contribution in [3.05, 3.63) is 28.0 Å². The first-order valence-corrected chi connectivity index (χ1v) is 9.68. The monoisotopic (exact) mass is 342 g/mol. The Morgan fingerprint density at radius 2 is 2.36 bits per heavy atom. The first-order valence-electron chi connectivity index (χ1n) is 6.91. The van der Waals surface area contributed by atoms with Crippen LogP contribution in [0.2, 0.25) is 0 Å². The molecule has 0 saturated carbocycles. The van der Waals surface area contributed by atoms with Crippen molar-refractivity contribution < 1.29 is 13.2 Å². The molecule has 9 heteroatoms. The van der Waals surface area contributed by atoms with Crippen LogP contribution in [0.3, 0.4) is 0 Å². The summed E-state index contributed by atoms with van der Waals surface area (Å²) in [6, 6.07) is -0.150. The third-order valence-electron chi connectivity index (χ3n) is 3.80. The van der Waals surface area contributed by atoms with Gasteiger partial charge >= 0.3 is 0 Å². The minimum atomic E-state index is -3.32. The van der Waals surface area contributed by atoms with Gasteiger partial charge in [-0.1, -0.05) is 0 Å². The van der Waals surface area contributed by atoms with Crippen molar-refractivity contribution in [3.63, 3.8) is 0 Å². The number of aromatic nitrogens is 3. The minimum absolute atomic E-state index is 0.150. The van der Waals surface area contributed by atoms with Gasteiger partial charge in [0.15, 0.2) is 9.84 Å². The van der Waals surface area contributed by atoms with Crippen LogP contribution in [0.5, 0.6) is 0 Å². The second kappa shape index (κ2) is 6.07. The van der Waals surface area contributed by atoms with Gasteiger partial charge in [-0.25, -0.2) is 13.4 Å². The molecule has 0 unspecified atom stereocenters. The molecule has 22 heavy (non-hydrogen) atoms. The Kier molecular flexibility index (Phi) is 4.31. The van der Waals surface area contributed by atoms with Crippen molar-refractivity contribution in [2.45, 2.75) is 24.4 Å². The van der Waals surface area contributed by atoms with E-state index in [0.717, 1.165) is 18.8 Å². The van der Waals surface area contributed by atoms with Gasteiger partial charge in [0.1, 0.15) is 4.90 Å². The van der Waals surface area contributed by atoms with Crippen molar-refractivity contribution in [2.75, 3.05) is 26.0 Å². The van der Waals surface area contributed by atoms with Crippen LogP contribution in [-0.2, 0) is 21.1 Å². The summed E-state index contributed by atoms with van der Waals surface area (Å²) in [5.74, 6) is 0. The molecule has 1 aliphatic heterocycles. The highest BCUT2D eigenvalue weighted by Crippen LogP contribution is 2.30. The standard InChI is InChI=1S/C13H18N4O3S2/c1-9-11(21-8-14-9)6-17-3-4-20-7-10(17)13-12(5-15-16-13)22(2,18)19/h5,8,10H,3-4,6-7H2,1-2H3,(H,15,16)/t10-/m1/s1. The summed E-state index contributed by atoms with van der Waals surface area (Å²) >= 11 is 1.61. The maximum absolute atomic E-state index is 11.9. The minimum Gasteiger partial charge on any atom is -0.378 e. The molecule has 0 aromatic carbocycles. The van der Waals surface area contributed by atoms with Crippen LogP contribution < -0.4 is 0 Å². The molecule has 1 fully saturated rings. The van der Waals surface area contributed by atoms with E-state index in [-0.39, 0.29) is 10.9 Å². The maximum Gasteiger partial charge on any atom is 0.178 e. The van der Waals surface area contributed by atoms with Crippen molar-refractivity contribution >= 4 is 21.2 Å². The Labute approximate surface area is 133 Å². The van der Waals surface area contributed by atoms with Gasteiger partial charge in [-0.3, -0.25) is 10.00 Å². The van der Waals surface area contributed by atoms with Crippen LogP contribution in [-0.4, -0.2) is 54.5 Å². The van der Waals surface area contributed by atoms with Crippen molar-refractivity contribution in [2.24, 2.45) is 0 Å². The Bertz CT molecular complexity index is 753. The number of nitrogens with zero attached hydrogens (tertiary/aromatic N) is 3. The molecule has 0 spiro atoms. The molecule has 0 radical (unpaired) electrons. The number of H-pyrrole nitrogens is 1. The van der Waals surface area contributed by atoms with Crippen LogP contribution in [0.1, 0.15) is 22.3 Å². The van der Waals surface area contributed by atoms with Crippen molar-refractivity contribution in [3.8, 4) is 0 Å². The highest BCUT2D eigenvalue weighted by Gasteiger charge is 2.31. The predicted molar refractivity (Wildman–Crippen MR) is 82.5 cm³/mol. The van der Waals surface area contributed by atoms with Crippen LogP contribution in [0, 0.1) is 6.92 Å². The lowest BCUT2D eigenvalue weighted by molar-refractivity contribution is -0.0148. The molecule has 0 amide bonds. The molecular weight excluding hydrogens is 324 g/mol. The number of rotatable bonds is 4. The third-order valence-corrected chi connectivity index (χ3v) is 5.84. The van der Waals surface area contributed by atoms with E-state index in [0.29, 0.717) is 18.9 Å². The molecule has 7 nitrogen and oxygen atoms in total. The van der Waals surface area contributed by atoms with Gasteiger partial charge in [0, 0.05) is 24.2 Å². The lowest BCUT2D eigenvalue weighted by Gasteiger charge is -2.35. The number of nitrogens with one attached hydrogen (secondary N) is 1. The highest BCUT2D eigenvalue weighted by molar-refractivity contribution is 7.90. The van der Waals surface area contributed by atoms with E-state index in [9.17, 15) is 8.42 Å². The van der Waals surface area contributed by atoms with E-state index in [1.807, 2.05) is 12.4 Å². The van der Waals surface area contributed by atoms with Crippen molar-refractivity contribution in [1.29, 1.82) is 0 Å². The van der Waals surface area contributed by atoms with Gasteiger partial charge in [0.25, 0.3) is 0 Å².